The van der Waals surface area contributed by atoms with Gasteiger partial charge in [0.25, 0.3) is 5.91 Å². The second-order valence-electron chi connectivity index (χ2n) is 5.23. The smallest absolute Gasteiger partial charge is 0.341 e. The molecule has 1 N–H and O–H groups in total. The van der Waals surface area contributed by atoms with Gasteiger partial charge in [0.1, 0.15) is 17.3 Å². The zero-order valence-corrected chi connectivity index (χ0v) is 15.9. The molecular weight excluding hydrogens is 409 g/mol. The first-order valence-corrected chi connectivity index (χ1v) is 8.34. The lowest BCUT2D eigenvalue weighted by Crippen LogP contribution is -2.30. The van der Waals surface area contributed by atoms with E-state index in [1.54, 1.807) is 18.2 Å². The van der Waals surface area contributed by atoms with Gasteiger partial charge in [-0.15, -0.1) is 0 Å². The molecule has 0 aliphatic rings. The van der Waals surface area contributed by atoms with Crippen LogP contribution in [0.1, 0.15) is 17.3 Å². The van der Waals surface area contributed by atoms with Crippen LogP contribution in [0.15, 0.2) is 40.9 Å². The van der Waals surface area contributed by atoms with E-state index >= 15 is 0 Å². The molecule has 138 valence electrons. The summed E-state index contributed by atoms with van der Waals surface area (Å²) in [4.78, 5) is 24.4. The Balaban J connectivity index is 2.10. The molecule has 0 fully saturated rings. The lowest BCUT2D eigenvalue weighted by atomic mass is 10.2. The highest BCUT2D eigenvalue weighted by molar-refractivity contribution is 9.10. The largest absolute Gasteiger partial charge is 0.497 e. The van der Waals surface area contributed by atoms with E-state index in [1.807, 2.05) is 0 Å². The van der Waals surface area contributed by atoms with E-state index in [0.29, 0.717) is 21.7 Å². The Bertz CT molecular complexity index is 827. The van der Waals surface area contributed by atoms with Gasteiger partial charge in [0.05, 0.1) is 25.5 Å². The van der Waals surface area contributed by atoms with Crippen LogP contribution in [0.2, 0.25) is 0 Å². The molecule has 0 spiro atoms. The number of carbonyl (C=O) groups is 2. The fourth-order valence-corrected chi connectivity index (χ4v) is 2.44. The second-order valence-corrected chi connectivity index (χ2v) is 6.14. The minimum atomic E-state index is -1.16. The van der Waals surface area contributed by atoms with Gasteiger partial charge in [-0.05, 0) is 37.3 Å². The zero-order chi connectivity index (χ0) is 19.3. The number of methoxy groups -OCH3 is 2. The van der Waals surface area contributed by atoms with Gasteiger partial charge in [-0.25, -0.2) is 9.18 Å². The van der Waals surface area contributed by atoms with Crippen molar-refractivity contribution in [3.8, 4) is 11.5 Å². The molecule has 0 aliphatic heterocycles. The Labute approximate surface area is 158 Å². The fourth-order valence-electron chi connectivity index (χ4n) is 2.08. The van der Waals surface area contributed by atoms with Gasteiger partial charge < -0.3 is 19.5 Å². The highest BCUT2D eigenvalue weighted by atomic mass is 79.9. The summed E-state index contributed by atoms with van der Waals surface area (Å²) < 4.78 is 29.6. The molecule has 26 heavy (non-hydrogen) atoms. The van der Waals surface area contributed by atoms with Crippen LogP contribution in [-0.4, -0.2) is 32.2 Å². The maximum atomic E-state index is 13.7. The van der Waals surface area contributed by atoms with E-state index in [4.69, 9.17) is 14.2 Å². The van der Waals surface area contributed by atoms with Crippen LogP contribution < -0.4 is 14.8 Å². The third-order valence-corrected chi connectivity index (χ3v) is 3.96. The predicted molar refractivity (Wildman–Crippen MR) is 97.2 cm³/mol. The Morgan fingerprint density at radius 2 is 1.85 bits per heavy atom. The molecule has 2 aromatic rings. The first-order chi connectivity index (χ1) is 12.3. The summed E-state index contributed by atoms with van der Waals surface area (Å²) in [6.45, 7) is 1.38. The van der Waals surface area contributed by atoms with Crippen LogP contribution in [0.3, 0.4) is 0 Å². The maximum Gasteiger partial charge on any atom is 0.341 e. The Morgan fingerprint density at radius 1 is 1.12 bits per heavy atom. The molecule has 0 aliphatic carbocycles. The average molecular weight is 426 g/mol. The molecule has 0 radical (unpaired) electrons. The molecule has 1 atom stereocenters. The highest BCUT2D eigenvalue weighted by Crippen LogP contribution is 2.29. The van der Waals surface area contributed by atoms with Crippen LogP contribution in [0, 0.1) is 5.82 Å². The minimum Gasteiger partial charge on any atom is -0.497 e. The van der Waals surface area contributed by atoms with Gasteiger partial charge in [-0.1, -0.05) is 15.9 Å². The van der Waals surface area contributed by atoms with Gasteiger partial charge in [0.15, 0.2) is 6.10 Å². The first-order valence-electron chi connectivity index (χ1n) is 7.54. The van der Waals surface area contributed by atoms with E-state index in [2.05, 4.69) is 21.2 Å². The number of carbonyl (C=O) groups excluding carboxylic acids is 2. The number of benzene rings is 2. The minimum absolute atomic E-state index is 0.266. The number of nitrogens with one attached hydrogen (secondary N) is 1. The van der Waals surface area contributed by atoms with Crippen molar-refractivity contribution in [3.05, 3.63) is 52.3 Å². The summed E-state index contributed by atoms with van der Waals surface area (Å²) in [7, 11) is 2.95. The van der Waals surface area contributed by atoms with Gasteiger partial charge in [0.2, 0.25) is 0 Å². The van der Waals surface area contributed by atoms with Crippen LogP contribution in [0.5, 0.6) is 11.5 Å². The lowest BCUT2D eigenvalue weighted by molar-refractivity contribution is -0.123. The molecule has 8 heteroatoms. The molecule has 1 amide bonds. The van der Waals surface area contributed by atoms with Crippen molar-refractivity contribution >= 4 is 33.5 Å². The molecule has 6 nitrogen and oxygen atoms in total. The molecule has 0 heterocycles. The highest BCUT2D eigenvalue weighted by Gasteiger charge is 2.22. The van der Waals surface area contributed by atoms with Gasteiger partial charge >= 0.3 is 5.97 Å². The van der Waals surface area contributed by atoms with E-state index < -0.39 is 23.8 Å². The number of anilines is 1. The molecule has 0 saturated carbocycles. The number of hydrogen-bond acceptors (Lipinski definition) is 5. The Kier molecular flexibility index (Phi) is 6.57. The molecule has 2 aromatic carbocycles. The summed E-state index contributed by atoms with van der Waals surface area (Å²) in [6, 6.07) is 8.74. The van der Waals surface area contributed by atoms with Gasteiger partial charge in [-0.3, -0.25) is 4.79 Å². The number of halogens is 2. The summed E-state index contributed by atoms with van der Waals surface area (Å²) in [5.74, 6) is -1.35. The molecule has 0 saturated heterocycles. The second kappa shape index (κ2) is 8.66. The van der Waals surface area contributed by atoms with E-state index in [0.717, 1.165) is 6.07 Å². The quantitative estimate of drug-likeness (QED) is 0.712. The number of amides is 1. The third-order valence-electron chi connectivity index (χ3n) is 3.47. The van der Waals surface area contributed by atoms with Crippen molar-refractivity contribution in [1.29, 1.82) is 0 Å². The van der Waals surface area contributed by atoms with Crippen LogP contribution in [0.4, 0.5) is 10.1 Å². The summed E-state index contributed by atoms with van der Waals surface area (Å²) in [5, 5.41) is 2.59. The zero-order valence-electron chi connectivity index (χ0n) is 14.3. The van der Waals surface area contributed by atoms with E-state index in [-0.39, 0.29) is 5.56 Å². The number of ether oxygens (including phenoxy) is 3. The summed E-state index contributed by atoms with van der Waals surface area (Å²) >= 11 is 3.15. The SMILES string of the molecule is COc1ccc(OC)c(NC(=O)C(C)OC(=O)c2cc(Br)ccc2F)c1. The monoisotopic (exact) mass is 425 g/mol. The van der Waals surface area contributed by atoms with Crippen molar-refractivity contribution in [2.75, 3.05) is 19.5 Å². The molecular formula is C18H17BrFNO5. The molecule has 1 unspecified atom stereocenters. The Morgan fingerprint density at radius 3 is 2.50 bits per heavy atom. The number of hydrogen-bond donors (Lipinski definition) is 1. The molecule has 2 rings (SSSR count). The van der Waals surface area contributed by atoms with Crippen LogP contribution >= 0.6 is 15.9 Å². The van der Waals surface area contributed by atoms with Crippen molar-refractivity contribution in [3.63, 3.8) is 0 Å². The lowest BCUT2D eigenvalue weighted by Gasteiger charge is -2.16. The Hall–Kier alpha value is -2.61. The van der Waals surface area contributed by atoms with Crippen LogP contribution in [-0.2, 0) is 9.53 Å². The van der Waals surface area contributed by atoms with Crippen molar-refractivity contribution in [2.24, 2.45) is 0 Å². The van der Waals surface area contributed by atoms with E-state index in [1.165, 1.54) is 33.3 Å². The predicted octanol–water partition coefficient (Wildman–Crippen LogP) is 3.79. The van der Waals surface area contributed by atoms with Crippen molar-refractivity contribution in [2.45, 2.75) is 13.0 Å². The normalized spacial score (nSPS) is 11.4. The van der Waals surface area contributed by atoms with Gasteiger partial charge in [-0.2, -0.15) is 0 Å². The topological polar surface area (TPSA) is 73.9 Å². The average Bonchev–Trinajstić information content (AvgIpc) is 2.63. The van der Waals surface area contributed by atoms with Crippen molar-refractivity contribution in [1.82, 2.24) is 0 Å². The molecule has 0 aromatic heterocycles. The van der Waals surface area contributed by atoms with Crippen LogP contribution in [0.25, 0.3) is 0 Å². The molecule has 0 bridgehead atoms. The fraction of sp³-hybridized carbons (Fsp3) is 0.222. The summed E-state index contributed by atoms with van der Waals surface area (Å²) in [6.07, 6.45) is -1.16. The third kappa shape index (κ3) is 4.72. The standard InChI is InChI=1S/C18H17BrFNO5/c1-10(26-18(23)13-8-11(19)4-6-14(13)20)17(22)21-15-9-12(24-2)5-7-16(15)25-3/h4-10H,1-3H3,(H,21,22). The maximum absolute atomic E-state index is 13.7. The first kappa shape index (κ1) is 19.7. The number of rotatable bonds is 6. The van der Waals surface area contributed by atoms with Gasteiger partial charge in [0, 0.05) is 10.5 Å². The van der Waals surface area contributed by atoms with E-state index in [9.17, 15) is 14.0 Å². The number of esters is 1. The summed E-state index contributed by atoms with van der Waals surface area (Å²) in [5.41, 5.74) is 0.0892. The van der Waals surface area contributed by atoms with Crippen molar-refractivity contribution < 1.29 is 28.2 Å².